The van der Waals surface area contributed by atoms with E-state index in [0.29, 0.717) is 0 Å². The molecule has 0 aromatic carbocycles. The second-order valence-electron chi connectivity index (χ2n) is 2.78. The van der Waals surface area contributed by atoms with Gasteiger partial charge in [-0.15, -0.1) is 0 Å². The van der Waals surface area contributed by atoms with Crippen LogP contribution in [0.5, 0.6) is 0 Å². The van der Waals surface area contributed by atoms with Gasteiger partial charge in [0.1, 0.15) is 0 Å². The van der Waals surface area contributed by atoms with Gasteiger partial charge in [0.2, 0.25) is 0 Å². The summed E-state index contributed by atoms with van der Waals surface area (Å²) in [5, 5.41) is 0. The van der Waals surface area contributed by atoms with Crippen molar-refractivity contribution in [3.63, 3.8) is 0 Å². The van der Waals surface area contributed by atoms with E-state index >= 15 is 0 Å². The Kier molecular flexibility index (Phi) is 1.33. The summed E-state index contributed by atoms with van der Waals surface area (Å²) in [6.07, 6.45) is 4.13. The Morgan fingerprint density at radius 2 is 2.14 bits per heavy atom. The Balaban J connectivity index is 2.26. The molecule has 0 heterocycles. The molecule has 0 aromatic rings. The second-order valence-corrected chi connectivity index (χ2v) is 2.78. The second kappa shape index (κ2) is 1.83. The minimum atomic E-state index is 0.773. The van der Waals surface area contributed by atoms with Gasteiger partial charge in [-0.3, -0.25) is 0 Å². The topological polar surface area (TPSA) is 27.6 Å². The summed E-state index contributed by atoms with van der Waals surface area (Å²) >= 11 is 0. The van der Waals surface area contributed by atoms with Crippen LogP contribution in [0.2, 0.25) is 0 Å². The molecule has 2 unspecified atom stereocenters. The Morgan fingerprint density at radius 1 is 1.43 bits per heavy atom. The summed E-state index contributed by atoms with van der Waals surface area (Å²) in [7, 11) is 0. The lowest BCUT2D eigenvalue weighted by atomic mass is 10.1. The van der Waals surface area contributed by atoms with Gasteiger partial charge in [0.05, 0.1) is 6.04 Å². The monoisotopic (exact) mass is 100 g/mol. The van der Waals surface area contributed by atoms with Crippen LogP contribution in [0.4, 0.5) is 0 Å². The predicted molar refractivity (Wildman–Crippen MR) is 29.7 cm³/mol. The lowest BCUT2D eigenvalue weighted by molar-refractivity contribution is -0.417. The first-order valence-corrected chi connectivity index (χ1v) is 3.12. The molecule has 1 aliphatic carbocycles. The Hall–Kier alpha value is -0.0400. The first-order valence-electron chi connectivity index (χ1n) is 3.12. The van der Waals surface area contributed by atoms with Crippen LogP contribution in [0.1, 0.15) is 26.2 Å². The van der Waals surface area contributed by atoms with Gasteiger partial charge in [0, 0.05) is 6.42 Å². The van der Waals surface area contributed by atoms with Gasteiger partial charge in [-0.2, -0.15) is 0 Å². The van der Waals surface area contributed by atoms with E-state index in [2.05, 4.69) is 12.7 Å². The average Bonchev–Trinajstić information content (AvgIpc) is 1.87. The molecule has 0 spiro atoms. The van der Waals surface area contributed by atoms with Crippen LogP contribution in [-0.2, 0) is 0 Å². The summed E-state index contributed by atoms with van der Waals surface area (Å²) in [6, 6.07) is 0.773. The standard InChI is InChI=1S/C6H13N/c1-5-2-3-6(7)4-5/h5-6H,2-4,7H2,1H3/p+1. The Labute approximate surface area is 44.9 Å². The zero-order chi connectivity index (χ0) is 5.28. The molecule has 1 nitrogen and oxygen atoms in total. The van der Waals surface area contributed by atoms with Crippen LogP contribution in [0.3, 0.4) is 0 Å². The highest BCUT2D eigenvalue weighted by atomic mass is 14.6. The van der Waals surface area contributed by atoms with Crippen LogP contribution >= 0.6 is 0 Å². The number of hydrogen-bond acceptors (Lipinski definition) is 0. The molecule has 0 bridgehead atoms. The fourth-order valence-electron chi connectivity index (χ4n) is 1.32. The van der Waals surface area contributed by atoms with Crippen molar-refractivity contribution in [1.82, 2.24) is 0 Å². The third kappa shape index (κ3) is 1.16. The molecular weight excluding hydrogens is 86.1 g/mol. The van der Waals surface area contributed by atoms with E-state index in [0.717, 1.165) is 12.0 Å². The van der Waals surface area contributed by atoms with E-state index in [1.54, 1.807) is 0 Å². The molecule has 0 radical (unpaired) electrons. The SMILES string of the molecule is CC1CCC([NH3+])C1. The molecule has 1 rings (SSSR count). The van der Waals surface area contributed by atoms with Gasteiger partial charge in [0.25, 0.3) is 0 Å². The first kappa shape index (κ1) is 5.10. The Morgan fingerprint density at radius 3 is 2.29 bits per heavy atom. The number of hydrogen-bond donors (Lipinski definition) is 1. The molecule has 2 atom stereocenters. The van der Waals surface area contributed by atoms with E-state index in [1.807, 2.05) is 0 Å². The molecule has 1 saturated carbocycles. The largest absolute Gasteiger partial charge is 0.355 e. The van der Waals surface area contributed by atoms with E-state index in [1.165, 1.54) is 19.3 Å². The van der Waals surface area contributed by atoms with Gasteiger partial charge in [-0.1, -0.05) is 6.92 Å². The fraction of sp³-hybridized carbons (Fsp3) is 1.00. The highest BCUT2D eigenvalue weighted by molar-refractivity contribution is 4.69. The minimum absolute atomic E-state index is 0.773. The summed E-state index contributed by atoms with van der Waals surface area (Å²) in [6.45, 7) is 2.31. The van der Waals surface area contributed by atoms with E-state index in [4.69, 9.17) is 0 Å². The maximum absolute atomic E-state index is 3.99. The van der Waals surface area contributed by atoms with Crippen molar-refractivity contribution in [3.05, 3.63) is 0 Å². The summed E-state index contributed by atoms with van der Waals surface area (Å²) < 4.78 is 0. The van der Waals surface area contributed by atoms with Crippen LogP contribution < -0.4 is 5.73 Å². The van der Waals surface area contributed by atoms with Gasteiger partial charge >= 0.3 is 0 Å². The summed E-state index contributed by atoms with van der Waals surface area (Å²) in [5.74, 6) is 0.961. The molecule has 0 amide bonds. The van der Waals surface area contributed by atoms with E-state index in [-0.39, 0.29) is 0 Å². The minimum Gasteiger partial charge on any atom is -0.355 e. The third-order valence-electron chi connectivity index (χ3n) is 1.80. The lowest BCUT2D eigenvalue weighted by Gasteiger charge is -1.94. The molecule has 0 saturated heterocycles. The van der Waals surface area contributed by atoms with Crippen LogP contribution in [-0.4, -0.2) is 6.04 Å². The van der Waals surface area contributed by atoms with Crippen molar-refractivity contribution in [2.24, 2.45) is 5.92 Å². The Bertz CT molecular complexity index is 53.2. The molecule has 42 valence electrons. The molecule has 1 heteroatoms. The molecule has 0 aliphatic heterocycles. The molecule has 3 N–H and O–H groups in total. The molecule has 1 fully saturated rings. The van der Waals surface area contributed by atoms with Crippen molar-refractivity contribution in [2.75, 3.05) is 0 Å². The lowest BCUT2D eigenvalue weighted by Crippen LogP contribution is -2.59. The molecular formula is C6H14N+. The van der Waals surface area contributed by atoms with Gasteiger partial charge < -0.3 is 5.73 Å². The van der Waals surface area contributed by atoms with Crippen LogP contribution in [0, 0.1) is 5.92 Å². The van der Waals surface area contributed by atoms with Crippen molar-refractivity contribution in [2.45, 2.75) is 32.2 Å². The normalized spacial score (nSPS) is 42.0. The molecule has 0 aromatic heterocycles. The highest BCUT2D eigenvalue weighted by Gasteiger charge is 2.19. The van der Waals surface area contributed by atoms with Crippen LogP contribution in [0.15, 0.2) is 0 Å². The predicted octanol–water partition coefficient (Wildman–Crippen LogP) is 0.417. The fourth-order valence-corrected chi connectivity index (χ4v) is 1.32. The molecule has 1 aliphatic rings. The van der Waals surface area contributed by atoms with Gasteiger partial charge in [0.15, 0.2) is 0 Å². The average molecular weight is 100 g/mol. The van der Waals surface area contributed by atoms with Crippen molar-refractivity contribution >= 4 is 0 Å². The highest BCUT2D eigenvalue weighted by Crippen LogP contribution is 2.21. The number of quaternary nitrogens is 1. The smallest absolute Gasteiger partial charge is 0.0846 e. The van der Waals surface area contributed by atoms with Crippen LogP contribution in [0.25, 0.3) is 0 Å². The molecule has 7 heavy (non-hydrogen) atoms. The van der Waals surface area contributed by atoms with Crippen molar-refractivity contribution < 1.29 is 5.73 Å². The van der Waals surface area contributed by atoms with Crippen molar-refractivity contribution in [1.29, 1.82) is 0 Å². The first-order chi connectivity index (χ1) is 3.29. The zero-order valence-electron chi connectivity index (χ0n) is 4.98. The zero-order valence-corrected chi connectivity index (χ0v) is 4.98. The summed E-state index contributed by atoms with van der Waals surface area (Å²) in [4.78, 5) is 0. The van der Waals surface area contributed by atoms with Crippen molar-refractivity contribution in [3.8, 4) is 0 Å². The third-order valence-corrected chi connectivity index (χ3v) is 1.80. The van der Waals surface area contributed by atoms with E-state index < -0.39 is 0 Å². The number of rotatable bonds is 0. The van der Waals surface area contributed by atoms with Gasteiger partial charge in [-0.25, -0.2) is 0 Å². The maximum atomic E-state index is 3.99. The van der Waals surface area contributed by atoms with Gasteiger partial charge in [-0.05, 0) is 18.8 Å². The maximum Gasteiger partial charge on any atom is 0.0846 e. The quantitative estimate of drug-likeness (QED) is 0.457. The van der Waals surface area contributed by atoms with E-state index in [9.17, 15) is 0 Å². The summed E-state index contributed by atoms with van der Waals surface area (Å²) in [5.41, 5.74) is 3.99.